The molecule has 0 radical (unpaired) electrons. The summed E-state index contributed by atoms with van der Waals surface area (Å²) in [5, 5.41) is 1.29. The Morgan fingerprint density at radius 1 is 1.33 bits per heavy atom. The van der Waals surface area contributed by atoms with Crippen molar-refractivity contribution in [1.29, 1.82) is 0 Å². The molecule has 2 heterocycles. The van der Waals surface area contributed by atoms with Crippen LogP contribution in [0.4, 0.5) is 0 Å². The van der Waals surface area contributed by atoms with Gasteiger partial charge in [0.05, 0.1) is 16.7 Å². The van der Waals surface area contributed by atoms with Gasteiger partial charge in [0.25, 0.3) is 5.56 Å². The number of thioether (sulfide) groups is 1. The molecule has 0 N–H and O–H groups in total. The molecule has 1 aromatic carbocycles. The van der Waals surface area contributed by atoms with Gasteiger partial charge in [0, 0.05) is 19.6 Å². The van der Waals surface area contributed by atoms with Gasteiger partial charge in [0.1, 0.15) is 0 Å². The van der Waals surface area contributed by atoms with Crippen LogP contribution in [0, 0.1) is 11.8 Å². The van der Waals surface area contributed by atoms with Crippen molar-refractivity contribution >= 4 is 28.6 Å². The summed E-state index contributed by atoms with van der Waals surface area (Å²) in [6.45, 7) is 8.80. The van der Waals surface area contributed by atoms with Crippen LogP contribution in [-0.2, 0) is 11.3 Å². The summed E-state index contributed by atoms with van der Waals surface area (Å²) < 4.78 is 1.75. The van der Waals surface area contributed by atoms with Crippen LogP contribution in [0.2, 0.25) is 0 Å². The number of amides is 1. The van der Waals surface area contributed by atoms with Gasteiger partial charge in [0.2, 0.25) is 5.91 Å². The molecule has 27 heavy (non-hydrogen) atoms. The molecule has 1 saturated heterocycles. The summed E-state index contributed by atoms with van der Waals surface area (Å²) >= 11 is 1.39. The fourth-order valence-electron chi connectivity index (χ4n) is 3.48. The van der Waals surface area contributed by atoms with Crippen LogP contribution in [0.15, 0.2) is 34.2 Å². The van der Waals surface area contributed by atoms with Gasteiger partial charge in [-0.1, -0.05) is 44.7 Å². The second kappa shape index (κ2) is 8.91. The molecule has 1 aromatic heterocycles. The van der Waals surface area contributed by atoms with E-state index in [0.29, 0.717) is 40.2 Å². The van der Waals surface area contributed by atoms with Crippen molar-refractivity contribution in [3.8, 4) is 0 Å². The molecule has 0 bridgehead atoms. The Hall–Kier alpha value is -1.82. The molecular formula is C21H29N3O2S. The number of aromatic nitrogens is 2. The second-order valence-electron chi connectivity index (χ2n) is 7.93. The lowest BCUT2D eigenvalue weighted by Crippen LogP contribution is -2.40. The van der Waals surface area contributed by atoms with Crippen LogP contribution in [-0.4, -0.2) is 39.2 Å². The van der Waals surface area contributed by atoms with Crippen molar-refractivity contribution in [2.24, 2.45) is 11.8 Å². The van der Waals surface area contributed by atoms with E-state index in [0.717, 1.165) is 25.9 Å². The molecule has 6 heteroatoms. The highest BCUT2D eigenvalue weighted by atomic mass is 32.2. The standard InChI is InChI=1S/C21H29N3O2S/c1-15(2)10-12-24-20(26)17-8-4-5-9-18(17)22-21(24)27-14-19(25)23-11-6-7-16(3)13-23/h4-5,8-9,15-16H,6-7,10-14H2,1-3H3/t16-/m1/s1. The SMILES string of the molecule is CC(C)CCn1c(SCC(=O)N2CCC[C@@H](C)C2)nc2ccccc2c1=O. The van der Waals surface area contributed by atoms with Crippen LogP contribution in [0.3, 0.4) is 0 Å². The number of benzene rings is 1. The summed E-state index contributed by atoms with van der Waals surface area (Å²) in [6, 6.07) is 7.45. The van der Waals surface area contributed by atoms with Crippen LogP contribution in [0.1, 0.15) is 40.0 Å². The Morgan fingerprint density at radius 3 is 2.85 bits per heavy atom. The molecule has 1 atom stereocenters. The Labute approximate surface area is 165 Å². The third kappa shape index (κ3) is 4.92. The second-order valence-corrected chi connectivity index (χ2v) is 8.87. The fraction of sp³-hybridized carbons (Fsp3) is 0.571. The molecule has 0 unspecified atom stereocenters. The number of piperidine rings is 1. The molecule has 1 fully saturated rings. The summed E-state index contributed by atoms with van der Waals surface area (Å²) in [5.74, 6) is 1.54. The Bertz CT molecular complexity index is 862. The zero-order chi connectivity index (χ0) is 19.4. The smallest absolute Gasteiger partial charge is 0.262 e. The fourth-order valence-corrected chi connectivity index (χ4v) is 4.40. The number of hydrogen-bond acceptors (Lipinski definition) is 4. The number of nitrogens with zero attached hydrogens (tertiary/aromatic N) is 3. The summed E-state index contributed by atoms with van der Waals surface area (Å²) in [5.41, 5.74) is 0.688. The quantitative estimate of drug-likeness (QED) is 0.559. The molecule has 1 amide bonds. The Morgan fingerprint density at radius 2 is 2.11 bits per heavy atom. The normalized spacial score (nSPS) is 17.6. The minimum atomic E-state index is -0.0113. The van der Waals surface area contributed by atoms with Crippen molar-refractivity contribution in [3.63, 3.8) is 0 Å². The average Bonchev–Trinajstić information content (AvgIpc) is 2.65. The van der Waals surface area contributed by atoms with E-state index < -0.39 is 0 Å². The zero-order valence-corrected chi connectivity index (χ0v) is 17.3. The van der Waals surface area contributed by atoms with E-state index in [9.17, 15) is 9.59 Å². The first-order valence-corrected chi connectivity index (χ1v) is 10.8. The van der Waals surface area contributed by atoms with Gasteiger partial charge in [-0.05, 0) is 43.2 Å². The van der Waals surface area contributed by atoms with E-state index in [4.69, 9.17) is 4.98 Å². The van der Waals surface area contributed by atoms with Crippen LogP contribution < -0.4 is 5.56 Å². The number of rotatable bonds is 6. The average molecular weight is 388 g/mol. The maximum absolute atomic E-state index is 13.0. The molecule has 0 spiro atoms. The van der Waals surface area contributed by atoms with Crippen LogP contribution >= 0.6 is 11.8 Å². The first kappa shape index (κ1) is 19.9. The predicted octanol–water partition coefficient (Wildman–Crippen LogP) is 3.79. The lowest BCUT2D eigenvalue weighted by Gasteiger charge is -2.30. The van der Waals surface area contributed by atoms with E-state index >= 15 is 0 Å². The summed E-state index contributed by atoms with van der Waals surface area (Å²) in [7, 11) is 0. The molecule has 146 valence electrons. The zero-order valence-electron chi connectivity index (χ0n) is 16.5. The van der Waals surface area contributed by atoms with E-state index in [1.165, 1.54) is 18.2 Å². The van der Waals surface area contributed by atoms with Crippen LogP contribution in [0.25, 0.3) is 10.9 Å². The molecule has 3 rings (SSSR count). The Balaban J connectivity index is 1.82. The topological polar surface area (TPSA) is 55.2 Å². The molecular weight excluding hydrogens is 358 g/mol. The summed E-state index contributed by atoms with van der Waals surface area (Å²) in [6.07, 6.45) is 3.17. The molecule has 1 aliphatic heterocycles. The van der Waals surface area contributed by atoms with Gasteiger partial charge in [-0.3, -0.25) is 14.2 Å². The van der Waals surface area contributed by atoms with Crippen molar-refractivity contribution < 1.29 is 4.79 Å². The number of para-hydroxylation sites is 1. The lowest BCUT2D eigenvalue weighted by molar-refractivity contribution is -0.130. The van der Waals surface area contributed by atoms with Gasteiger partial charge < -0.3 is 4.90 Å². The highest BCUT2D eigenvalue weighted by molar-refractivity contribution is 7.99. The van der Waals surface area contributed by atoms with Crippen molar-refractivity contribution in [1.82, 2.24) is 14.5 Å². The molecule has 1 aliphatic rings. The maximum atomic E-state index is 13.0. The number of carbonyl (C=O) groups excluding carboxylic acids is 1. The van der Waals surface area contributed by atoms with Crippen molar-refractivity contribution in [3.05, 3.63) is 34.6 Å². The maximum Gasteiger partial charge on any atom is 0.262 e. The predicted molar refractivity (Wildman–Crippen MR) is 111 cm³/mol. The highest BCUT2D eigenvalue weighted by Crippen LogP contribution is 2.21. The van der Waals surface area contributed by atoms with Gasteiger partial charge in [0.15, 0.2) is 5.16 Å². The third-order valence-corrected chi connectivity index (χ3v) is 6.05. The van der Waals surface area contributed by atoms with Gasteiger partial charge in [-0.25, -0.2) is 4.98 Å². The highest BCUT2D eigenvalue weighted by Gasteiger charge is 2.22. The van der Waals surface area contributed by atoms with Gasteiger partial charge >= 0.3 is 0 Å². The monoisotopic (exact) mass is 387 g/mol. The van der Waals surface area contributed by atoms with E-state index in [1.54, 1.807) is 4.57 Å². The number of likely N-dealkylation sites (tertiary alicyclic amines) is 1. The number of carbonyl (C=O) groups is 1. The van der Waals surface area contributed by atoms with E-state index in [1.807, 2.05) is 29.2 Å². The van der Waals surface area contributed by atoms with Gasteiger partial charge in [-0.2, -0.15) is 0 Å². The van der Waals surface area contributed by atoms with Gasteiger partial charge in [-0.15, -0.1) is 0 Å². The first-order valence-electron chi connectivity index (χ1n) is 9.86. The lowest BCUT2D eigenvalue weighted by atomic mass is 10.0. The largest absolute Gasteiger partial charge is 0.342 e. The minimum Gasteiger partial charge on any atom is -0.342 e. The Kier molecular flexibility index (Phi) is 6.58. The van der Waals surface area contributed by atoms with Crippen LogP contribution in [0.5, 0.6) is 0 Å². The minimum absolute atomic E-state index is 0.0113. The van der Waals surface area contributed by atoms with E-state index in [-0.39, 0.29) is 11.5 Å². The molecule has 0 saturated carbocycles. The number of hydrogen-bond donors (Lipinski definition) is 0. The third-order valence-electron chi connectivity index (χ3n) is 5.09. The molecule has 2 aromatic rings. The summed E-state index contributed by atoms with van der Waals surface area (Å²) in [4.78, 5) is 32.3. The number of fused-ring (bicyclic) bond motifs is 1. The first-order chi connectivity index (χ1) is 13.0. The molecule has 0 aliphatic carbocycles. The van der Waals surface area contributed by atoms with Crippen molar-refractivity contribution in [2.75, 3.05) is 18.8 Å². The van der Waals surface area contributed by atoms with Crippen molar-refractivity contribution in [2.45, 2.75) is 51.7 Å². The van der Waals surface area contributed by atoms with E-state index in [2.05, 4.69) is 20.8 Å². The molecule has 5 nitrogen and oxygen atoms in total.